The van der Waals surface area contributed by atoms with Crippen LogP contribution >= 0.6 is 22.6 Å². The molecular formula is C15H26IN3. The second-order valence-electron chi connectivity index (χ2n) is 5.53. The van der Waals surface area contributed by atoms with Crippen molar-refractivity contribution in [1.82, 2.24) is 9.97 Å². The molecule has 0 saturated carbocycles. The molecule has 0 aromatic carbocycles. The molecule has 0 spiro atoms. The fourth-order valence-electron chi connectivity index (χ4n) is 1.80. The molecule has 1 N–H and O–H groups in total. The molecule has 0 aliphatic heterocycles. The number of hydrogen-bond acceptors (Lipinski definition) is 3. The predicted octanol–water partition coefficient (Wildman–Crippen LogP) is 4.62. The van der Waals surface area contributed by atoms with Crippen molar-refractivity contribution in [3.8, 4) is 0 Å². The van der Waals surface area contributed by atoms with Gasteiger partial charge in [0, 0.05) is 12.5 Å². The normalized spacial score (nSPS) is 12.8. The Hall–Kier alpha value is -0.390. The number of hydrogen-bond donors (Lipinski definition) is 1. The van der Waals surface area contributed by atoms with Crippen molar-refractivity contribution in [1.29, 1.82) is 0 Å². The molecule has 108 valence electrons. The van der Waals surface area contributed by atoms with E-state index in [2.05, 4.69) is 62.5 Å². The van der Waals surface area contributed by atoms with Crippen molar-refractivity contribution in [3.63, 3.8) is 0 Å². The van der Waals surface area contributed by atoms with Gasteiger partial charge >= 0.3 is 0 Å². The van der Waals surface area contributed by atoms with Crippen LogP contribution in [0.2, 0.25) is 0 Å². The molecular weight excluding hydrogens is 349 g/mol. The van der Waals surface area contributed by atoms with Gasteiger partial charge in [-0.3, -0.25) is 0 Å². The van der Waals surface area contributed by atoms with Crippen LogP contribution in [-0.2, 0) is 6.42 Å². The molecule has 0 aliphatic carbocycles. The highest BCUT2D eigenvalue weighted by atomic mass is 127. The van der Waals surface area contributed by atoms with Crippen molar-refractivity contribution in [3.05, 3.63) is 15.1 Å². The van der Waals surface area contributed by atoms with Gasteiger partial charge in [0.15, 0.2) is 0 Å². The van der Waals surface area contributed by atoms with Crippen molar-refractivity contribution >= 4 is 28.4 Å². The van der Waals surface area contributed by atoms with E-state index in [1.54, 1.807) is 0 Å². The quantitative estimate of drug-likeness (QED) is 0.707. The van der Waals surface area contributed by atoms with E-state index in [-0.39, 0.29) is 0 Å². The number of halogens is 1. The Morgan fingerprint density at radius 1 is 1.16 bits per heavy atom. The molecule has 3 nitrogen and oxygen atoms in total. The Morgan fingerprint density at radius 2 is 1.84 bits per heavy atom. The summed E-state index contributed by atoms with van der Waals surface area (Å²) in [6, 6.07) is 0. The summed E-state index contributed by atoms with van der Waals surface area (Å²) in [5.41, 5.74) is 1.19. The molecule has 0 amide bonds. The third-order valence-corrected chi connectivity index (χ3v) is 4.27. The van der Waals surface area contributed by atoms with Crippen molar-refractivity contribution < 1.29 is 0 Å². The molecule has 1 unspecified atom stereocenters. The Kier molecular flexibility index (Phi) is 7.04. The van der Waals surface area contributed by atoms with Crippen molar-refractivity contribution in [2.75, 3.05) is 11.9 Å². The summed E-state index contributed by atoms with van der Waals surface area (Å²) in [5, 5.41) is 3.44. The van der Waals surface area contributed by atoms with Crippen molar-refractivity contribution in [2.24, 2.45) is 5.92 Å². The Labute approximate surface area is 131 Å². The van der Waals surface area contributed by atoms with Gasteiger partial charge in [-0.25, -0.2) is 9.97 Å². The van der Waals surface area contributed by atoms with E-state index in [9.17, 15) is 0 Å². The van der Waals surface area contributed by atoms with Crippen LogP contribution < -0.4 is 5.32 Å². The minimum Gasteiger partial charge on any atom is -0.369 e. The maximum absolute atomic E-state index is 4.79. The van der Waals surface area contributed by atoms with Gasteiger partial charge in [0.2, 0.25) is 0 Å². The predicted molar refractivity (Wildman–Crippen MR) is 90.8 cm³/mol. The molecule has 1 aromatic heterocycles. The molecule has 0 saturated heterocycles. The Bertz CT molecular complexity index is 405. The summed E-state index contributed by atoms with van der Waals surface area (Å²) in [4.78, 5) is 9.51. The molecule has 19 heavy (non-hydrogen) atoms. The molecule has 1 atom stereocenters. The molecule has 0 fully saturated rings. The third kappa shape index (κ3) is 4.89. The molecule has 0 bridgehead atoms. The monoisotopic (exact) mass is 375 g/mol. The van der Waals surface area contributed by atoms with Crippen LogP contribution in [0.5, 0.6) is 0 Å². The fraction of sp³-hybridized carbons (Fsp3) is 0.733. The molecule has 4 heteroatoms. The van der Waals surface area contributed by atoms with Crippen LogP contribution in [-0.4, -0.2) is 16.5 Å². The van der Waals surface area contributed by atoms with Gasteiger partial charge in [0.1, 0.15) is 11.6 Å². The van der Waals surface area contributed by atoms with Crippen LogP contribution in [0.3, 0.4) is 0 Å². The van der Waals surface area contributed by atoms with Crippen LogP contribution in [0.15, 0.2) is 0 Å². The van der Waals surface area contributed by atoms with Gasteiger partial charge in [0.05, 0.1) is 9.26 Å². The average Bonchev–Trinajstić information content (AvgIpc) is 2.38. The summed E-state index contributed by atoms with van der Waals surface area (Å²) < 4.78 is 1.19. The van der Waals surface area contributed by atoms with Gasteiger partial charge in [-0.05, 0) is 47.8 Å². The minimum absolute atomic E-state index is 0.421. The zero-order valence-electron chi connectivity index (χ0n) is 12.8. The molecule has 1 rings (SSSR count). The van der Waals surface area contributed by atoms with E-state index in [4.69, 9.17) is 9.97 Å². The maximum atomic E-state index is 4.79. The molecule has 0 radical (unpaired) electrons. The second-order valence-corrected chi connectivity index (χ2v) is 6.60. The first kappa shape index (κ1) is 16.7. The largest absolute Gasteiger partial charge is 0.369 e. The van der Waals surface area contributed by atoms with Crippen LogP contribution in [0.25, 0.3) is 0 Å². The maximum Gasteiger partial charge on any atom is 0.143 e. The van der Waals surface area contributed by atoms with Gasteiger partial charge in [-0.2, -0.15) is 0 Å². The van der Waals surface area contributed by atoms with Gasteiger partial charge < -0.3 is 5.32 Å². The van der Waals surface area contributed by atoms with Gasteiger partial charge in [0.25, 0.3) is 0 Å². The lowest BCUT2D eigenvalue weighted by Crippen LogP contribution is -2.13. The minimum atomic E-state index is 0.421. The molecule has 1 heterocycles. The summed E-state index contributed by atoms with van der Waals surface area (Å²) in [5.74, 6) is 3.04. The first-order valence-corrected chi connectivity index (χ1v) is 8.37. The molecule has 1 aromatic rings. The fourth-order valence-corrected chi connectivity index (χ4v) is 2.45. The standard InChI is InChI=1S/C15H26IN3/c1-6-8-17-15-13(16)12(9-10(3)4)18-14(19-15)11(5)7-2/h10-11H,6-9H2,1-5H3,(H,17,18,19). The number of aromatic nitrogens is 2. The van der Waals surface area contributed by atoms with Crippen LogP contribution in [0, 0.1) is 9.49 Å². The van der Waals surface area contributed by atoms with Crippen molar-refractivity contribution in [2.45, 2.75) is 59.8 Å². The third-order valence-electron chi connectivity index (χ3n) is 3.13. The topological polar surface area (TPSA) is 37.8 Å². The summed E-state index contributed by atoms with van der Waals surface area (Å²) in [6.07, 6.45) is 3.21. The average molecular weight is 375 g/mol. The van der Waals surface area contributed by atoms with E-state index in [1.807, 2.05) is 0 Å². The number of nitrogens with one attached hydrogen (secondary N) is 1. The van der Waals surface area contributed by atoms with E-state index < -0.39 is 0 Å². The zero-order valence-corrected chi connectivity index (χ0v) is 14.9. The number of rotatable bonds is 7. The lowest BCUT2D eigenvalue weighted by molar-refractivity contribution is 0.613. The summed E-state index contributed by atoms with van der Waals surface area (Å²) >= 11 is 2.38. The number of anilines is 1. The van der Waals surface area contributed by atoms with Gasteiger partial charge in [-0.15, -0.1) is 0 Å². The summed E-state index contributed by atoms with van der Waals surface area (Å²) in [6.45, 7) is 12.0. The van der Waals surface area contributed by atoms with E-state index in [0.29, 0.717) is 11.8 Å². The molecule has 0 aliphatic rings. The first-order chi connectivity index (χ1) is 8.99. The Balaban J connectivity index is 3.13. The highest BCUT2D eigenvalue weighted by Crippen LogP contribution is 2.25. The lowest BCUT2D eigenvalue weighted by Gasteiger charge is -2.16. The van der Waals surface area contributed by atoms with Crippen LogP contribution in [0.1, 0.15) is 64.9 Å². The van der Waals surface area contributed by atoms with Crippen LogP contribution in [0.4, 0.5) is 5.82 Å². The first-order valence-electron chi connectivity index (χ1n) is 7.29. The summed E-state index contributed by atoms with van der Waals surface area (Å²) in [7, 11) is 0. The van der Waals surface area contributed by atoms with E-state index in [1.165, 1.54) is 9.26 Å². The van der Waals surface area contributed by atoms with E-state index >= 15 is 0 Å². The highest BCUT2D eigenvalue weighted by Gasteiger charge is 2.16. The van der Waals surface area contributed by atoms with Gasteiger partial charge in [-0.1, -0.05) is 34.6 Å². The highest BCUT2D eigenvalue weighted by molar-refractivity contribution is 14.1. The lowest BCUT2D eigenvalue weighted by atomic mass is 10.1. The smallest absolute Gasteiger partial charge is 0.143 e. The SMILES string of the molecule is CCCNc1nc(C(C)CC)nc(CC(C)C)c1I. The second kappa shape index (κ2) is 8.02. The van der Waals surface area contributed by atoms with E-state index in [0.717, 1.165) is 37.4 Å². The number of nitrogens with zero attached hydrogens (tertiary/aromatic N) is 2. The zero-order chi connectivity index (χ0) is 14.4. The Morgan fingerprint density at radius 3 is 2.37 bits per heavy atom.